The number of rotatable bonds is 3. The Hall–Kier alpha value is -2.63. The van der Waals surface area contributed by atoms with E-state index in [4.69, 9.17) is 16.3 Å². The highest BCUT2D eigenvalue weighted by molar-refractivity contribution is 6.45. The first-order valence-corrected chi connectivity index (χ1v) is 9.22. The van der Waals surface area contributed by atoms with Crippen molar-refractivity contribution in [3.8, 4) is 0 Å². The molecule has 0 radical (unpaired) electrons. The van der Waals surface area contributed by atoms with Crippen molar-refractivity contribution in [2.24, 2.45) is 0 Å². The third-order valence-corrected chi connectivity index (χ3v) is 5.06. The van der Waals surface area contributed by atoms with Crippen LogP contribution in [-0.2, 0) is 14.3 Å². The minimum Gasteiger partial charge on any atom is -0.378 e. The van der Waals surface area contributed by atoms with Crippen LogP contribution in [0.1, 0.15) is 11.1 Å². The summed E-state index contributed by atoms with van der Waals surface area (Å²) in [5.41, 5.74) is 3.25. The van der Waals surface area contributed by atoms with E-state index >= 15 is 0 Å². The maximum absolute atomic E-state index is 13.3. The van der Waals surface area contributed by atoms with Gasteiger partial charge in [0.2, 0.25) is 0 Å². The highest BCUT2D eigenvalue weighted by atomic mass is 35.5. The molecule has 0 N–H and O–H groups in total. The minimum atomic E-state index is -0.312. The van der Waals surface area contributed by atoms with Crippen LogP contribution in [0.25, 0.3) is 5.57 Å². The van der Waals surface area contributed by atoms with Crippen LogP contribution < -0.4 is 4.90 Å². The van der Waals surface area contributed by atoms with Gasteiger partial charge in [0.1, 0.15) is 5.70 Å². The Labute approximate surface area is 162 Å². The molecule has 138 valence electrons. The van der Waals surface area contributed by atoms with Crippen LogP contribution in [0.3, 0.4) is 0 Å². The molecule has 5 nitrogen and oxygen atoms in total. The average molecular weight is 383 g/mol. The number of morpholine rings is 1. The van der Waals surface area contributed by atoms with Crippen molar-refractivity contribution in [2.75, 3.05) is 31.2 Å². The molecule has 2 aromatic carbocycles. The quantitative estimate of drug-likeness (QED) is 0.764. The van der Waals surface area contributed by atoms with Gasteiger partial charge in [-0.2, -0.15) is 0 Å². The summed E-state index contributed by atoms with van der Waals surface area (Å²) >= 11 is 5.96. The number of amides is 2. The topological polar surface area (TPSA) is 49.9 Å². The molecule has 0 aliphatic carbocycles. The van der Waals surface area contributed by atoms with Crippen molar-refractivity contribution in [1.82, 2.24) is 4.90 Å². The fourth-order valence-electron chi connectivity index (χ4n) is 3.40. The van der Waals surface area contributed by atoms with Gasteiger partial charge in [0.25, 0.3) is 11.8 Å². The van der Waals surface area contributed by atoms with Gasteiger partial charge >= 0.3 is 0 Å². The van der Waals surface area contributed by atoms with Crippen LogP contribution in [-0.4, -0.2) is 43.0 Å². The zero-order valence-electron chi connectivity index (χ0n) is 14.9. The second-order valence-corrected chi connectivity index (χ2v) is 7.05. The lowest BCUT2D eigenvalue weighted by atomic mass is 10.0. The van der Waals surface area contributed by atoms with Crippen molar-refractivity contribution < 1.29 is 14.3 Å². The monoisotopic (exact) mass is 382 g/mol. The summed E-state index contributed by atoms with van der Waals surface area (Å²) in [7, 11) is 0. The molecule has 2 aliphatic heterocycles. The number of carbonyl (C=O) groups excluding carboxylic acids is 2. The van der Waals surface area contributed by atoms with Gasteiger partial charge in [0.15, 0.2) is 0 Å². The van der Waals surface area contributed by atoms with Crippen LogP contribution >= 0.6 is 11.6 Å². The number of hydrogen-bond acceptors (Lipinski definition) is 4. The first-order valence-electron chi connectivity index (χ1n) is 8.84. The van der Waals surface area contributed by atoms with E-state index in [2.05, 4.69) is 0 Å². The van der Waals surface area contributed by atoms with E-state index in [0.29, 0.717) is 48.3 Å². The Bertz CT molecular complexity index is 913. The third-order valence-electron chi connectivity index (χ3n) is 4.81. The van der Waals surface area contributed by atoms with Gasteiger partial charge in [0, 0.05) is 18.1 Å². The summed E-state index contributed by atoms with van der Waals surface area (Å²) in [5.74, 6) is -0.618. The Morgan fingerprint density at radius 1 is 0.889 bits per heavy atom. The molecule has 1 saturated heterocycles. The van der Waals surface area contributed by atoms with Crippen molar-refractivity contribution in [1.29, 1.82) is 0 Å². The lowest BCUT2D eigenvalue weighted by Crippen LogP contribution is -2.40. The van der Waals surface area contributed by atoms with Gasteiger partial charge in [-0.1, -0.05) is 41.4 Å². The van der Waals surface area contributed by atoms with E-state index in [-0.39, 0.29) is 11.8 Å². The van der Waals surface area contributed by atoms with Crippen LogP contribution in [0.15, 0.2) is 54.2 Å². The highest BCUT2D eigenvalue weighted by Crippen LogP contribution is 2.35. The second kappa shape index (κ2) is 7.18. The van der Waals surface area contributed by atoms with Gasteiger partial charge in [-0.25, -0.2) is 4.90 Å². The fourth-order valence-corrected chi connectivity index (χ4v) is 3.53. The number of carbonyl (C=O) groups is 2. The molecule has 6 heteroatoms. The van der Waals surface area contributed by atoms with E-state index in [9.17, 15) is 9.59 Å². The van der Waals surface area contributed by atoms with Gasteiger partial charge < -0.3 is 9.64 Å². The number of nitrogens with zero attached hydrogens (tertiary/aromatic N) is 2. The molecule has 0 aromatic heterocycles. The van der Waals surface area contributed by atoms with Gasteiger partial charge in [-0.3, -0.25) is 9.59 Å². The maximum Gasteiger partial charge on any atom is 0.282 e. The largest absolute Gasteiger partial charge is 0.378 e. The second-order valence-electron chi connectivity index (χ2n) is 6.61. The van der Waals surface area contributed by atoms with E-state index in [1.807, 2.05) is 36.1 Å². The highest BCUT2D eigenvalue weighted by Gasteiger charge is 2.42. The molecule has 27 heavy (non-hydrogen) atoms. The third kappa shape index (κ3) is 3.24. The predicted molar refractivity (Wildman–Crippen MR) is 104 cm³/mol. The number of anilines is 1. The molecular formula is C21H19ClN2O3. The summed E-state index contributed by atoms with van der Waals surface area (Å²) in [4.78, 5) is 29.8. The summed E-state index contributed by atoms with van der Waals surface area (Å²) in [5, 5.41) is 0.554. The standard InChI is InChI=1S/C21H19ClN2O3/c1-14-2-4-15(5-3-14)18-19(23-10-12-27-13-11-23)21(26)24(20(18)25)17-8-6-16(22)7-9-17/h2-9H,10-13H2,1H3. The molecular weight excluding hydrogens is 364 g/mol. The first-order chi connectivity index (χ1) is 13.1. The minimum absolute atomic E-state index is 0.306. The molecule has 2 aliphatic rings. The van der Waals surface area contributed by atoms with E-state index in [1.54, 1.807) is 24.3 Å². The molecule has 2 heterocycles. The number of halogens is 1. The fraction of sp³-hybridized carbons (Fsp3) is 0.238. The summed E-state index contributed by atoms with van der Waals surface area (Å²) in [6.45, 7) is 4.22. The van der Waals surface area contributed by atoms with E-state index in [0.717, 1.165) is 11.1 Å². The lowest BCUT2D eigenvalue weighted by Gasteiger charge is -2.29. The Balaban J connectivity index is 1.81. The number of aryl methyl sites for hydroxylation is 1. The van der Waals surface area contributed by atoms with Crippen LogP contribution in [0, 0.1) is 6.92 Å². The van der Waals surface area contributed by atoms with Crippen LogP contribution in [0.5, 0.6) is 0 Å². The first kappa shape index (κ1) is 17.8. The molecule has 0 atom stereocenters. The molecule has 4 rings (SSSR count). The zero-order valence-corrected chi connectivity index (χ0v) is 15.7. The number of imide groups is 1. The molecule has 0 saturated carbocycles. The van der Waals surface area contributed by atoms with Crippen LogP contribution in [0.4, 0.5) is 5.69 Å². The Kier molecular flexibility index (Phi) is 4.72. The number of hydrogen-bond donors (Lipinski definition) is 0. The summed E-state index contributed by atoms with van der Waals surface area (Å²) in [6, 6.07) is 14.4. The Morgan fingerprint density at radius 3 is 2.15 bits per heavy atom. The molecule has 0 unspecified atom stereocenters. The van der Waals surface area contributed by atoms with Crippen LogP contribution in [0.2, 0.25) is 5.02 Å². The number of benzene rings is 2. The Morgan fingerprint density at radius 2 is 1.52 bits per heavy atom. The predicted octanol–water partition coefficient (Wildman–Crippen LogP) is 3.27. The van der Waals surface area contributed by atoms with Crippen molar-refractivity contribution in [3.05, 3.63) is 70.4 Å². The lowest BCUT2D eigenvalue weighted by molar-refractivity contribution is -0.121. The zero-order chi connectivity index (χ0) is 19.0. The molecule has 2 aromatic rings. The van der Waals surface area contributed by atoms with Gasteiger partial charge in [-0.05, 0) is 36.8 Å². The van der Waals surface area contributed by atoms with Crippen molar-refractivity contribution in [3.63, 3.8) is 0 Å². The van der Waals surface area contributed by atoms with Gasteiger partial charge in [-0.15, -0.1) is 0 Å². The average Bonchev–Trinajstić information content (AvgIpc) is 2.94. The normalized spacial score (nSPS) is 17.9. The molecule has 2 amide bonds. The maximum atomic E-state index is 13.3. The van der Waals surface area contributed by atoms with Crippen molar-refractivity contribution in [2.45, 2.75) is 6.92 Å². The SMILES string of the molecule is Cc1ccc(C2=C(N3CCOCC3)C(=O)N(c3ccc(Cl)cc3)C2=O)cc1. The van der Waals surface area contributed by atoms with E-state index < -0.39 is 0 Å². The molecule has 1 fully saturated rings. The van der Waals surface area contributed by atoms with E-state index in [1.165, 1.54) is 4.90 Å². The summed E-state index contributed by atoms with van der Waals surface area (Å²) < 4.78 is 5.41. The molecule has 0 spiro atoms. The summed E-state index contributed by atoms with van der Waals surface area (Å²) in [6.07, 6.45) is 0. The number of ether oxygens (including phenoxy) is 1. The smallest absolute Gasteiger partial charge is 0.282 e. The molecule has 0 bridgehead atoms. The van der Waals surface area contributed by atoms with Gasteiger partial charge in [0.05, 0.1) is 24.5 Å². The van der Waals surface area contributed by atoms with Crippen molar-refractivity contribution >= 4 is 34.7 Å².